The molecule has 14 heavy (non-hydrogen) atoms. The van der Waals surface area contributed by atoms with Crippen LogP contribution in [0.1, 0.15) is 27.8 Å². The van der Waals surface area contributed by atoms with Crippen molar-refractivity contribution in [1.29, 1.82) is 0 Å². The van der Waals surface area contributed by atoms with E-state index in [2.05, 4.69) is 34.6 Å². The van der Waals surface area contributed by atoms with Crippen LogP contribution in [0.15, 0.2) is 0 Å². The van der Waals surface area contributed by atoms with Gasteiger partial charge in [0.25, 0.3) is 0 Å². The van der Waals surface area contributed by atoms with Crippen LogP contribution in [0.5, 0.6) is 0 Å². The molecule has 0 atom stereocenters. The van der Waals surface area contributed by atoms with Crippen LogP contribution in [0.25, 0.3) is 0 Å². The Balaban J connectivity index is -0.000000125. The van der Waals surface area contributed by atoms with Crippen LogP contribution < -0.4 is 0 Å². The normalized spacial score (nSPS) is 7.50. The second-order valence-corrected chi connectivity index (χ2v) is 3.12. The van der Waals surface area contributed by atoms with Crippen molar-refractivity contribution >= 4 is 0 Å². The minimum absolute atomic E-state index is 0. The first-order valence-corrected chi connectivity index (χ1v) is 3.75. The maximum atomic E-state index is 2.20. The van der Waals surface area contributed by atoms with E-state index in [0.29, 0.717) is 0 Å². The van der Waals surface area contributed by atoms with Gasteiger partial charge in [0, 0.05) is 0 Å². The van der Waals surface area contributed by atoms with Crippen LogP contribution in [0.2, 0.25) is 0 Å². The number of rotatable bonds is 0. The van der Waals surface area contributed by atoms with E-state index in [0.717, 1.165) is 0 Å². The maximum absolute atomic E-state index is 2.20. The molecule has 0 aliphatic heterocycles. The van der Waals surface area contributed by atoms with E-state index < -0.39 is 0 Å². The quantitative estimate of drug-likeness (QED) is 0.459. The minimum Gasteiger partial charge on any atom is -0.358 e. The maximum Gasteiger partial charge on any atom is 4.00 e. The van der Waals surface area contributed by atoms with Crippen molar-refractivity contribution in [3.63, 3.8) is 0 Å². The standard InChI is InChI=1S/C10H15.3CH3.Ti/c1-6-7(2)9(4)10(5)8(6)3;;;;/h1-5H3;3*1H3;/q4*-1;+4. The third kappa shape index (κ3) is 3.67. The largest absolute Gasteiger partial charge is 4.00 e. The molecule has 0 aliphatic carbocycles. The fraction of sp³-hybridized carbons (Fsp3) is 0.385. The Morgan fingerprint density at radius 1 is 0.714 bits per heavy atom. The van der Waals surface area contributed by atoms with Gasteiger partial charge in [0.15, 0.2) is 0 Å². The molecule has 80 valence electrons. The molecule has 1 aromatic carbocycles. The monoisotopic (exact) mass is 228 g/mol. The summed E-state index contributed by atoms with van der Waals surface area (Å²) in [7, 11) is 0. The summed E-state index contributed by atoms with van der Waals surface area (Å²) in [6.07, 6.45) is 0. The average molecular weight is 228 g/mol. The van der Waals surface area contributed by atoms with E-state index in [1.807, 2.05) is 0 Å². The van der Waals surface area contributed by atoms with Crippen LogP contribution in [0.4, 0.5) is 0 Å². The molecule has 0 heterocycles. The van der Waals surface area contributed by atoms with E-state index in [1.165, 1.54) is 27.8 Å². The Labute approximate surface area is 106 Å². The van der Waals surface area contributed by atoms with Crippen molar-refractivity contribution in [2.75, 3.05) is 0 Å². The smallest absolute Gasteiger partial charge is 0.358 e. The molecule has 0 aliphatic rings. The molecular formula is C13H24Ti. The van der Waals surface area contributed by atoms with Crippen LogP contribution >= 0.6 is 0 Å². The molecule has 0 amide bonds. The second kappa shape index (κ2) is 8.38. The van der Waals surface area contributed by atoms with E-state index in [9.17, 15) is 0 Å². The van der Waals surface area contributed by atoms with Gasteiger partial charge in [-0.15, -0.1) is 0 Å². The van der Waals surface area contributed by atoms with Crippen molar-refractivity contribution in [2.24, 2.45) is 0 Å². The molecule has 0 spiro atoms. The zero-order valence-electron chi connectivity index (χ0n) is 11.0. The molecule has 0 bridgehead atoms. The summed E-state index contributed by atoms with van der Waals surface area (Å²) < 4.78 is 0. The summed E-state index contributed by atoms with van der Waals surface area (Å²) in [4.78, 5) is 0. The van der Waals surface area contributed by atoms with Crippen molar-refractivity contribution in [1.82, 2.24) is 0 Å². The summed E-state index contributed by atoms with van der Waals surface area (Å²) in [5.41, 5.74) is 7.34. The second-order valence-electron chi connectivity index (χ2n) is 3.12. The summed E-state index contributed by atoms with van der Waals surface area (Å²) in [5, 5.41) is 0. The van der Waals surface area contributed by atoms with E-state index in [-0.39, 0.29) is 44.0 Å². The third-order valence-corrected chi connectivity index (χ3v) is 2.81. The average Bonchev–Trinajstić information content (AvgIpc) is 2.07. The Bertz CT molecular complexity index is 176. The Kier molecular flexibility index (Phi) is 14.2. The molecule has 0 saturated carbocycles. The first kappa shape index (κ1) is 23.7. The summed E-state index contributed by atoms with van der Waals surface area (Å²) in [5.74, 6) is 0. The van der Waals surface area contributed by atoms with Crippen molar-refractivity contribution < 1.29 is 21.7 Å². The van der Waals surface area contributed by atoms with Crippen LogP contribution in [0, 0.1) is 56.9 Å². The first-order valence-electron chi connectivity index (χ1n) is 3.75. The fourth-order valence-corrected chi connectivity index (χ4v) is 1.41. The molecule has 0 nitrogen and oxygen atoms in total. The van der Waals surface area contributed by atoms with Gasteiger partial charge in [0.1, 0.15) is 0 Å². The predicted molar refractivity (Wildman–Crippen MR) is 65.0 cm³/mol. The molecular weight excluding hydrogens is 204 g/mol. The van der Waals surface area contributed by atoms with Gasteiger partial charge >= 0.3 is 21.7 Å². The number of hydrogen-bond acceptors (Lipinski definition) is 0. The molecule has 0 unspecified atom stereocenters. The summed E-state index contributed by atoms with van der Waals surface area (Å²) >= 11 is 0. The molecule has 0 radical (unpaired) electrons. The molecule has 0 fully saturated rings. The van der Waals surface area contributed by atoms with E-state index in [1.54, 1.807) is 0 Å². The molecule has 1 rings (SSSR count). The topological polar surface area (TPSA) is 0 Å². The summed E-state index contributed by atoms with van der Waals surface area (Å²) in [6, 6.07) is 0. The van der Waals surface area contributed by atoms with Crippen LogP contribution in [0.3, 0.4) is 0 Å². The van der Waals surface area contributed by atoms with E-state index in [4.69, 9.17) is 0 Å². The first-order chi connectivity index (χ1) is 4.55. The predicted octanol–water partition coefficient (Wildman–Crippen LogP) is 4.30. The summed E-state index contributed by atoms with van der Waals surface area (Å²) in [6.45, 7) is 11.0. The van der Waals surface area contributed by atoms with Crippen molar-refractivity contribution in [3.8, 4) is 0 Å². The molecule has 1 aromatic rings. The van der Waals surface area contributed by atoms with E-state index >= 15 is 0 Å². The Hall–Kier alpha value is 0.0643. The molecule has 0 aromatic heterocycles. The van der Waals surface area contributed by atoms with Crippen LogP contribution in [-0.2, 0) is 21.7 Å². The van der Waals surface area contributed by atoms with Gasteiger partial charge in [-0.05, 0) is 0 Å². The fourth-order valence-electron chi connectivity index (χ4n) is 1.41. The molecule has 0 saturated heterocycles. The minimum atomic E-state index is 0. The van der Waals surface area contributed by atoms with Gasteiger partial charge in [0.05, 0.1) is 0 Å². The van der Waals surface area contributed by atoms with Gasteiger partial charge in [0.2, 0.25) is 0 Å². The van der Waals surface area contributed by atoms with Gasteiger partial charge < -0.3 is 22.3 Å². The molecule has 1 heteroatoms. The van der Waals surface area contributed by atoms with Crippen LogP contribution in [-0.4, -0.2) is 0 Å². The van der Waals surface area contributed by atoms with Gasteiger partial charge in [-0.1, -0.05) is 34.6 Å². The Morgan fingerprint density at radius 3 is 1.00 bits per heavy atom. The molecule has 0 N–H and O–H groups in total. The van der Waals surface area contributed by atoms with Crippen molar-refractivity contribution in [2.45, 2.75) is 34.6 Å². The zero-order valence-corrected chi connectivity index (χ0v) is 12.6. The van der Waals surface area contributed by atoms with Gasteiger partial charge in [-0.3, -0.25) is 0 Å². The third-order valence-electron chi connectivity index (χ3n) is 2.81. The SMILES string of the molecule is Cc1c(C)c(C)[c-](C)c1C.[CH3-].[CH3-].[CH3-].[Ti+4]. The number of hydrogen-bond donors (Lipinski definition) is 0. The van der Waals surface area contributed by atoms with Gasteiger partial charge in [-0.2, -0.15) is 27.8 Å². The zero-order chi connectivity index (χ0) is 7.89. The van der Waals surface area contributed by atoms with Crippen molar-refractivity contribution in [3.05, 3.63) is 50.1 Å². The Morgan fingerprint density at radius 2 is 0.929 bits per heavy atom. The van der Waals surface area contributed by atoms with Gasteiger partial charge in [-0.25, -0.2) is 0 Å².